The Labute approximate surface area is 172 Å². The van der Waals surface area contributed by atoms with Crippen LogP contribution in [0.25, 0.3) is 0 Å². The van der Waals surface area contributed by atoms with E-state index in [1.807, 2.05) is 32.0 Å². The summed E-state index contributed by atoms with van der Waals surface area (Å²) in [4.78, 5) is 14.7. The predicted molar refractivity (Wildman–Crippen MR) is 110 cm³/mol. The number of methoxy groups -OCH3 is 1. The first-order chi connectivity index (χ1) is 14.2. The number of hydrogen-bond donors (Lipinski definition) is 0. The number of rotatable bonds is 14. The minimum Gasteiger partial charge on any atom is -0.383 e. The molecule has 2 rings (SSSR count). The van der Waals surface area contributed by atoms with Crippen molar-refractivity contribution in [3.63, 3.8) is 0 Å². The molecule has 0 N–H and O–H groups in total. The fourth-order valence-electron chi connectivity index (χ4n) is 2.96. The molecule has 0 fully saturated rings. The predicted octanol–water partition coefficient (Wildman–Crippen LogP) is 2.40. The molecule has 1 heterocycles. The molecule has 0 bridgehead atoms. The van der Waals surface area contributed by atoms with Crippen LogP contribution < -0.4 is 0 Å². The van der Waals surface area contributed by atoms with Gasteiger partial charge in [0.05, 0.1) is 19.3 Å². The second-order valence-corrected chi connectivity index (χ2v) is 6.54. The average Bonchev–Trinajstić information content (AvgIpc) is 3.19. The molecule has 0 aliphatic rings. The molecule has 1 aromatic heterocycles. The Kier molecular flexibility index (Phi) is 10.3. The van der Waals surface area contributed by atoms with Crippen molar-refractivity contribution in [2.45, 2.75) is 39.5 Å². The molecule has 8 heteroatoms. The highest BCUT2D eigenvalue weighted by Crippen LogP contribution is 2.08. The van der Waals surface area contributed by atoms with Gasteiger partial charge in [0, 0.05) is 33.4 Å². The van der Waals surface area contributed by atoms with Crippen molar-refractivity contribution >= 4 is 5.91 Å². The van der Waals surface area contributed by atoms with Crippen molar-refractivity contribution in [1.29, 1.82) is 0 Å². The maximum Gasteiger partial charge on any atom is 0.276 e. The van der Waals surface area contributed by atoms with Crippen LogP contribution in [-0.4, -0.2) is 72.1 Å². The Bertz CT molecular complexity index is 702. The zero-order valence-corrected chi connectivity index (χ0v) is 17.6. The van der Waals surface area contributed by atoms with Crippen LogP contribution in [0.3, 0.4) is 0 Å². The molecule has 29 heavy (non-hydrogen) atoms. The van der Waals surface area contributed by atoms with Gasteiger partial charge in [0.1, 0.15) is 0 Å². The fraction of sp³-hybridized carbons (Fsp3) is 0.571. The number of nitrogens with zero attached hydrogens (tertiary/aromatic N) is 4. The summed E-state index contributed by atoms with van der Waals surface area (Å²) in [5.41, 5.74) is 1.57. The number of hydrogen-bond acceptors (Lipinski definition) is 6. The van der Waals surface area contributed by atoms with Gasteiger partial charge in [0.25, 0.3) is 5.91 Å². The van der Waals surface area contributed by atoms with Gasteiger partial charge in [-0.1, -0.05) is 35.5 Å². The van der Waals surface area contributed by atoms with Crippen LogP contribution >= 0.6 is 0 Å². The zero-order valence-electron chi connectivity index (χ0n) is 17.6. The molecule has 8 nitrogen and oxygen atoms in total. The molecule has 0 spiro atoms. The van der Waals surface area contributed by atoms with Gasteiger partial charge in [-0.05, 0) is 32.3 Å². The fourth-order valence-corrected chi connectivity index (χ4v) is 2.96. The molecule has 0 radical (unpaired) electrons. The number of ether oxygens (including phenoxy) is 3. The van der Waals surface area contributed by atoms with Crippen molar-refractivity contribution in [2.75, 3.05) is 40.0 Å². The molecular weight excluding hydrogens is 372 g/mol. The van der Waals surface area contributed by atoms with Gasteiger partial charge in [-0.15, -0.1) is 5.10 Å². The summed E-state index contributed by atoms with van der Waals surface area (Å²) in [6, 6.07) is 10.3. The van der Waals surface area contributed by atoms with Gasteiger partial charge in [-0.25, -0.2) is 4.68 Å². The highest BCUT2D eigenvalue weighted by atomic mass is 16.7. The lowest BCUT2D eigenvalue weighted by Crippen LogP contribution is -2.35. The number of amides is 1. The summed E-state index contributed by atoms with van der Waals surface area (Å²) >= 11 is 0. The Hall–Kier alpha value is -2.29. The van der Waals surface area contributed by atoms with E-state index in [0.29, 0.717) is 45.1 Å². The minimum atomic E-state index is -0.412. The van der Waals surface area contributed by atoms with Gasteiger partial charge < -0.3 is 19.1 Å². The number of carbonyl (C=O) groups excluding carboxylic acids is 1. The van der Waals surface area contributed by atoms with Gasteiger partial charge in [0.15, 0.2) is 12.0 Å². The third-order valence-corrected chi connectivity index (χ3v) is 4.39. The molecule has 2 aromatic rings. The lowest BCUT2D eigenvalue weighted by molar-refractivity contribution is -0.145. The van der Waals surface area contributed by atoms with Crippen LogP contribution in [0.2, 0.25) is 0 Å². The van der Waals surface area contributed by atoms with Crippen molar-refractivity contribution in [2.24, 2.45) is 0 Å². The smallest absolute Gasteiger partial charge is 0.276 e. The van der Waals surface area contributed by atoms with Gasteiger partial charge in [0.2, 0.25) is 0 Å². The van der Waals surface area contributed by atoms with Gasteiger partial charge in [-0.2, -0.15) is 0 Å². The lowest BCUT2D eigenvalue weighted by atomic mass is 10.1. The third-order valence-electron chi connectivity index (χ3n) is 4.39. The van der Waals surface area contributed by atoms with E-state index in [9.17, 15) is 4.79 Å². The second kappa shape index (κ2) is 13.0. The van der Waals surface area contributed by atoms with Crippen molar-refractivity contribution in [3.05, 3.63) is 47.8 Å². The molecule has 1 aromatic carbocycles. The molecule has 0 unspecified atom stereocenters. The van der Waals surface area contributed by atoms with Gasteiger partial charge in [-0.3, -0.25) is 4.79 Å². The number of aryl methyl sites for hydroxylation is 1. The Morgan fingerprint density at radius 3 is 2.52 bits per heavy atom. The van der Waals surface area contributed by atoms with E-state index >= 15 is 0 Å². The van der Waals surface area contributed by atoms with E-state index in [2.05, 4.69) is 22.4 Å². The minimum absolute atomic E-state index is 0.147. The van der Waals surface area contributed by atoms with Crippen LogP contribution in [0.4, 0.5) is 0 Å². The molecule has 160 valence electrons. The largest absolute Gasteiger partial charge is 0.383 e. The van der Waals surface area contributed by atoms with Crippen LogP contribution in [0, 0.1) is 0 Å². The first-order valence-electron chi connectivity index (χ1n) is 10.1. The number of aromatic nitrogens is 3. The van der Waals surface area contributed by atoms with E-state index in [-0.39, 0.29) is 5.91 Å². The number of carbonyl (C=O) groups is 1. The Morgan fingerprint density at radius 1 is 1.14 bits per heavy atom. The SMILES string of the molecule is CCOC(Cn1cc(C(=O)N(CCCc2ccccc2)CCOC)nn1)OCC. The summed E-state index contributed by atoms with van der Waals surface area (Å²) < 4.78 is 17.8. The van der Waals surface area contributed by atoms with E-state index in [4.69, 9.17) is 14.2 Å². The summed E-state index contributed by atoms with van der Waals surface area (Å²) in [5, 5.41) is 8.11. The molecule has 1 amide bonds. The molecule has 0 saturated carbocycles. The van der Waals surface area contributed by atoms with Crippen molar-refractivity contribution in [1.82, 2.24) is 19.9 Å². The van der Waals surface area contributed by atoms with E-state index in [1.54, 1.807) is 22.9 Å². The number of benzene rings is 1. The zero-order chi connectivity index (χ0) is 20.9. The quantitative estimate of drug-likeness (QED) is 0.450. The first-order valence-corrected chi connectivity index (χ1v) is 10.1. The third kappa shape index (κ3) is 7.92. The average molecular weight is 405 g/mol. The van der Waals surface area contributed by atoms with Crippen molar-refractivity contribution in [3.8, 4) is 0 Å². The van der Waals surface area contributed by atoms with Crippen molar-refractivity contribution < 1.29 is 19.0 Å². The van der Waals surface area contributed by atoms with Crippen LogP contribution in [0.1, 0.15) is 36.3 Å². The Morgan fingerprint density at radius 2 is 1.86 bits per heavy atom. The monoisotopic (exact) mass is 404 g/mol. The van der Waals surface area contributed by atoms with Gasteiger partial charge >= 0.3 is 0 Å². The Balaban J connectivity index is 1.96. The molecule has 0 atom stereocenters. The molecular formula is C21H32N4O4. The molecule has 0 saturated heterocycles. The highest BCUT2D eigenvalue weighted by Gasteiger charge is 2.20. The lowest BCUT2D eigenvalue weighted by Gasteiger charge is -2.21. The van der Waals surface area contributed by atoms with E-state index in [0.717, 1.165) is 12.8 Å². The normalized spacial score (nSPS) is 11.2. The van der Waals surface area contributed by atoms with E-state index < -0.39 is 6.29 Å². The van der Waals surface area contributed by atoms with Crippen LogP contribution in [-0.2, 0) is 27.2 Å². The van der Waals surface area contributed by atoms with Crippen LogP contribution in [0.5, 0.6) is 0 Å². The topological polar surface area (TPSA) is 78.7 Å². The molecule has 0 aliphatic heterocycles. The summed E-state index contributed by atoms with van der Waals surface area (Å²) in [6.07, 6.45) is 3.01. The first kappa shape index (κ1) is 23.0. The summed E-state index contributed by atoms with van der Waals surface area (Å²) in [7, 11) is 1.63. The molecule has 0 aliphatic carbocycles. The second-order valence-electron chi connectivity index (χ2n) is 6.54. The standard InChI is InChI=1S/C21H32N4O4/c1-4-28-20(29-5-2)17-25-16-19(22-23-25)21(26)24(14-15-27-3)13-9-12-18-10-7-6-8-11-18/h6-8,10-11,16,20H,4-5,9,12-15,17H2,1-3H3. The highest BCUT2D eigenvalue weighted by molar-refractivity contribution is 5.91. The van der Waals surface area contributed by atoms with E-state index in [1.165, 1.54) is 5.56 Å². The maximum atomic E-state index is 12.9. The summed E-state index contributed by atoms with van der Waals surface area (Å²) in [6.45, 7) is 6.89. The van der Waals surface area contributed by atoms with Crippen LogP contribution in [0.15, 0.2) is 36.5 Å². The maximum absolute atomic E-state index is 12.9. The summed E-state index contributed by atoms with van der Waals surface area (Å²) in [5.74, 6) is -0.147.